The predicted octanol–water partition coefficient (Wildman–Crippen LogP) is 2.82. The van der Waals surface area contributed by atoms with Crippen LogP contribution in [0.2, 0.25) is 0 Å². The Kier molecular flexibility index (Phi) is 4.43. The van der Waals surface area contributed by atoms with Gasteiger partial charge in [-0.3, -0.25) is 4.79 Å². The number of thiophene rings is 1. The summed E-state index contributed by atoms with van der Waals surface area (Å²) in [5.74, 6) is 1.65. The first-order chi connectivity index (χ1) is 11.2. The highest BCUT2D eigenvalue weighted by atomic mass is 32.1. The standard InChI is InChI=1S/C18H26N2O2S/c1-11-14(15-8-16(15)19-10-12-2-3-12)9-17(23-11)18(21)20-13-4-6-22-7-5-13/h9,12-13,15-16,19H,2-8,10H2,1H3,(H,20,21)/t15-,16+/m1/s1. The Morgan fingerprint density at radius 3 is 2.83 bits per heavy atom. The van der Waals surface area contributed by atoms with E-state index in [1.165, 1.54) is 36.2 Å². The van der Waals surface area contributed by atoms with Crippen molar-refractivity contribution >= 4 is 17.2 Å². The fraction of sp³-hybridized carbons (Fsp3) is 0.722. The number of hydrogen-bond donors (Lipinski definition) is 2. The summed E-state index contributed by atoms with van der Waals surface area (Å²) in [7, 11) is 0. The van der Waals surface area contributed by atoms with Gasteiger partial charge in [-0.2, -0.15) is 0 Å². The minimum Gasteiger partial charge on any atom is -0.381 e. The first-order valence-corrected chi connectivity index (χ1v) is 9.74. The maximum Gasteiger partial charge on any atom is 0.261 e. The summed E-state index contributed by atoms with van der Waals surface area (Å²) in [6, 6.07) is 3.05. The predicted molar refractivity (Wildman–Crippen MR) is 92.2 cm³/mol. The van der Waals surface area contributed by atoms with Crippen LogP contribution in [-0.2, 0) is 4.74 Å². The minimum atomic E-state index is 0.0967. The summed E-state index contributed by atoms with van der Waals surface area (Å²) in [4.78, 5) is 14.6. The van der Waals surface area contributed by atoms with Crippen LogP contribution in [-0.4, -0.2) is 37.7 Å². The number of rotatable bonds is 6. The summed E-state index contributed by atoms with van der Waals surface area (Å²) >= 11 is 1.65. The van der Waals surface area contributed by atoms with Gasteiger partial charge in [0.25, 0.3) is 5.91 Å². The Bertz CT molecular complexity index is 576. The highest BCUT2D eigenvalue weighted by Gasteiger charge is 2.40. The summed E-state index contributed by atoms with van der Waals surface area (Å²) < 4.78 is 5.35. The Labute approximate surface area is 142 Å². The lowest BCUT2D eigenvalue weighted by Crippen LogP contribution is -2.38. The molecule has 1 aromatic rings. The molecule has 4 rings (SSSR count). The topological polar surface area (TPSA) is 50.4 Å². The smallest absolute Gasteiger partial charge is 0.261 e. The van der Waals surface area contributed by atoms with Crippen molar-refractivity contribution in [3.05, 3.63) is 21.4 Å². The SMILES string of the molecule is Cc1sc(C(=O)NC2CCOCC2)cc1[C@H]1C[C@@H]1NCC1CC1. The Balaban J connectivity index is 1.34. The average molecular weight is 334 g/mol. The van der Waals surface area contributed by atoms with Crippen molar-refractivity contribution in [2.75, 3.05) is 19.8 Å². The highest BCUT2D eigenvalue weighted by molar-refractivity contribution is 7.14. The molecule has 126 valence electrons. The van der Waals surface area contributed by atoms with E-state index in [4.69, 9.17) is 4.74 Å². The number of carbonyl (C=O) groups is 1. The van der Waals surface area contributed by atoms with E-state index in [9.17, 15) is 4.79 Å². The first kappa shape index (κ1) is 15.6. The third-order valence-corrected chi connectivity index (χ3v) is 6.36. The molecule has 3 aliphatic rings. The van der Waals surface area contributed by atoms with Gasteiger partial charge < -0.3 is 15.4 Å². The quantitative estimate of drug-likeness (QED) is 0.841. The zero-order chi connectivity index (χ0) is 15.8. The van der Waals surface area contributed by atoms with Gasteiger partial charge in [-0.15, -0.1) is 11.3 Å². The van der Waals surface area contributed by atoms with Crippen LogP contribution in [0.4, 0.5) is 0 Å². The molecule has 2 heterocycles. The Hall–Kier alpha value is -0.910. The van der Waals surface area contributed by atoms with Crippen LogP contribution in [0.5, 0.6) is 0 Å². The van der Waals surface area contributed by atoms with E-state index in [0.29, 0.717) is 12.0 Å². The normalized spacial score (nSPS) is 27.9. The maximum absolute atomic E-state index is 12.5. The molecular weight excluding hydrogens is 308 g/mol. The van der Waals surface area contributed by atoms with E-state index >= 15 is 0 Å². The molecule has 0 bridgehead atoms. The second kappa shape index (κ2) is 6.54. The maximum atomic E-state index is 12.5. The number of nitrogens with one attached hydrogen (secondary N) is 2. The molecule has 0 radical (unpaired) electrons. The van der Waals surface area contributed by atoms with Crippen LogP contribution in [0, 0.1) is 12.8 Å². The lowest BCUT2D eigenvalue weighted by atomic mass is 10.1. The third kappa shape index (κ3) is 3.78. The lowest BCUT2D eigenvalue weighted by molar-refractivity contribution is 0.0698. The van der Waals surface area contributed by atoms with Gasteiger partial charge >= 0.3 is 0 Å². The summed E-state index contributed by atoms with van der Waals surface area (Å²) in [5.41, 5.74) is 1.39. The molecule has 1 aromatic heterocycles. The van der Waals surface area contributed by atoms with E-state index in [1.807, 2.05) is 0 Å². The minimum absolute atomic E-state index is 0.0967. The summed E-state index contributed by atoms with van der Waals surface area (Å²) in [6.45, 7) is 4.86. The number of aryl methyl sites for hydroxylation is 1. The van der Waals surface area contributed by atoms with Crippen molar-refractivity contribution in [2.24, 2.45) is 5.92 Å². The molecule has 1 amide bonds. The van der Waals surface area contributed by atoms with Crippen LogP contribution in [0.3, 0.4) is 0 Å². The number of hydrogen-bond acceptors (Lipinski definition) is 4. The van der Waals surface area contributed by atoms with Gasteiger partial charge in [0.05, 0.1) is 4.88 Å². The Morgan fingerprint density at radius 2 is 2.09 bits per heavy atom. The molecule has 3 fully saturated rings. The van der Waals surface area contributed by atoms with Gasteiger partial charge in [-0.05, 0) is 63.1 Å². The van der Waals surface area contributed by atoms with Gasteiger partial charge in [0.15, 0.2) is 0 Å². The number of amides is 1. The molecule has 1 aliphatic heterocycles. The lowest BCUT2D eigenvalue weighted by Gasteiger charge is -2.22. The van der Waals surface area contributed by atoms with Crippen LogP contribution in [0.25, 0.3) is 0 Å². The zero-order valence-corrected chi connectivity index (χ0v) is 14.6. The van der Waals surface area contributed by atoms with E-state index in [0.717, 1.165) is 36.9 Å². The molecule has 0 aromatic carbocycles. The molecule has 2 atom stereocenters. The van der Waals surface area contributed by atoms with Crippen molar-refractivity contribution in [1.82, 2.24) is 10.6 Å². The monoisotopic (exact) mass is 334 g/mol. The molecule has 4 nitrogen and oxygen atoms in total. The van der Waals surface area contributed by atoms with E-state index < -0.39 is 0 Å². The van der Waals surface area contributed by atoms with Crippen molar-refractivity contribution in [3.8, 4) is 0 Å². The third-order valence-electron chi connectivity index (χ3n) is 5.29. The van der Waals surface area contributed by atoms with Gasteiger partial charge in [0.1, 0.15) is 0 Å². The van der Waals surface area contributed by atoms with Crippen molar-refractivity contribution in [2.45, 2.75) is 57.0 Å². The van der Waals surface area contributed by atoms with E-state index in [2.05, 4.69) is 23.6 Å². The second-order valence-corrected chi connectivity index (χ2v) is 8.54. The number of carbonyl (C=O) groups excluding carboxylic acids is 1. The molecule has 0 unspecified atom stereocenters. The van der Waals surface area contributed by atoms with Crippen LogP contribution >= 0.6 is 11.3 Å². The van der Waals surface area contributed by atoms with Crippen molar-refractivity contribution in [1.29, 1.82) is 0 Å². The molecule has 23 heavy (non-hydrogen) atoms. The molecule has 2 saturated carbocycles. The van der Waals surface area contributed by atoms with Gasteiger partial charge in [0.2, 0.25) is 0 Å². The first-order valence-electron chi connectivity index (χ1n) is 8.93. The largest absolute Gasteiger partial charge is 0.381 e. The zero-order valence-electron chi connectivity index (χ0n) is 13.8. The van der Waals surface area contributed by atoms with E-state index in [1.54, 1.807) is 11.3 Å². The van der Waals surface area contributed by atoms with Crippen LogP contribution in [0.1, 0.15) is 58.1 Å². The Morgan fingerprint density at radius 1 is 1.30 bits per heavy atom. The highest BCUT2D eigenvalue weighted by Crippen LogP contribution is 2.45. The fourth-order valence-corrected chi connectivity index (χ4v) is 4.47. The van der Waals surface area contributed by atoms with Crippen molar-refractivity contribution < 1.29 is 9.53 Å². The molecule has 2 aliphatic carbocycles. The molecule has 2 N–H and O–H groups in total. The average Bonchev–Trinajstić information content (AvgIpc) is 3.46. The van der Waals surface area contributed by atoms with Gasteiger partial charge in [-0.25, -0.2) is 0 Å². The number of ether oxygens (including phenoxy) is 1. The van der Waals surface area contributed by atoms with Gasteiger partial charge in [-0.1, -0.05) is 0 Å². The van der Waals surface area contributed by atoms with Crippen LogP contribution < -0.4 is 10.6 Å². The summed E-state index contributed by atoms with van der Waals surface area (Å²) in [6.07, 6.45) is 5.89. The van der Waals surface area contributed by atoms with Crippen LogP contribution in [0.15, 0.2) is 6.07 Å². The molecule has 5 heteroatoms. The van der Waals surface area contributed by atoms with Crippen molar-refractivity contribution in [3.63, 3.8) is 0 Å². The molecule has 1 saturated heterocycles. The molecular formula is C18H26N2O2S. The molecule has 0 spiro atoms. The van der Waals surface area contributed by atoms with E-state index in [-0.39, 0.29) is 11.9 Å². The second-order valence-electron chi connectivity index (χ2n) is 7.28. The van der Waals surface area contributed by atoms with Gasteiger partial charge in [0, 0.05) is 36.1 Å². The fourth-order valence-electron chi connectivity index (χ4n) is 3.48. The summed E-state index contributed by atoms with van der Waals surface area (Å²) in [5, 5.41) is 6.86.